The van der Waals surface area contributed by atoms with Crippen molar-refractivity contribution in [3.63, 3.8) is 0 Å². The van der Waals surface area contributed by atoms with E-state index in [1.165, 1.54) is 7.11 Å². The fourth-order valence-electron chi connectivity index (χ4n) is 1.76. The molecule has 0 atom stereocenters. The topological polar surface area (TPSA) is 67.4 Å². The van der Waals surface area contributed by atoms with Crippen LogP contribution in [0, 0.1) is 0 Å². The summed E-state index contributed by atoms with van der Waals surface area (Å²) in [5.74, 6) is -0.224. The number of rotatable bonds is 8. The zero-order valence-electron chi connectivity index (χ0n) is 12.1. The minimum absolute atomic E-state index is 0.00109. The van der Waals surface area contributed by atoms with Crippen molar-refractivity contribution in [2.24, 2.45) is 0 Å². The van der Waals surface area contributed by atoms with Gasteiger partial charge in [0.15, 0.2) is 0 Å². The second kappa shape index (κ2) is 9.09. The van der Waals surface area contributed by atoms with Crippen LogP contribution in [0.15, 0.2) is 24.3 Å². The quantitative estimate of drug-likeness (QED) is 0.718. The molecule has 110 valence electrons. The Hall–Kier alpha value is -1.88. The van der Waals surface area contributed by atoms with E-state index in [1.54, 1.807) is 24.3 Å². The van der Waals surface area contributed by atoms with Crippen LogP contribution in [-0.4, -0.2) is 25.5 Å². The lowest BCUT2D eigenvalue weighted by Crippen LogP contribution is -2.17. The second-order valence-electron chi connectivity index (χ2n) is 4.57. The fraction of sp³-hybridized carbons (Fsp3) is 0.467. The summed E-state index contributed by atoms with van der Waals surface area (Å²) >= 11 is 0. The summed E-state index contributed by atoms with van der Waals surface area (Å²) in [6.07, 6.45) is 3.57. The predicted octanol–water partition coefficient (Wildman–Crippen LogP) is 2.79. The molecule has 20 heavy (non-hydrogen) atoms. The van der Waals surface area contributed by atoms with Crippen LogP contribution in [0.25, 0.3) is 0 Å². The molecular formula is C15H22N2O3. The maximum absolute atomic E-state index is 11.7. The highest BCUT2D eigenvalue weighted by atomic mass is 16.5. The molecule has 0 aliphatic carbocycles. The number of unbranched alkanes of at least 4 members (excludes halogenated alkanes) is 2. The van der Waals surface area contributed by atoms with Gasteiger partial charge in [0.2, 0.25) is 11.8 Å². The third kappa shape index (κ3) is 6.33. The van der Waals surface area contributed by atoms with Gasteiger partial charge in [0.25, 0.3) is 0 Å². The Kier molecular flexibility index (Phi) is 7.35. The molecular weight excluding hydrogens is 256 g/mol. The van der Waals surface area contributed by atoms with E-state index in [2.05, 4.69) is 17.6 Å². The third-order valence-electron chi connectivity index (χ3n) is 2.71. The van der Waals surface area contributed by atoms with E-state index < -0.39 is 0 Å². The van der Waals surface area contributed by atoms with E-state index in [4.69, 9.17) is 4.74 Å². The van der Waals surface area contributed by atoms with Gasteiger partial charge in [-0.05, 0) is 24.6 Å². The second-order valence-corrected chi connectivity index (χ2v) is 4.57. The summed E-state index contributed by atoms with van der Waals surface area (Å²) in [6, 6.07) is 7.07. The van der Waals surface area contributed by atoms with Crippen molar-refractivity contribution in [2.75, 3.05) is 24.4 Å². The summed E-state index contributed by atoms with van der Waals surface area (Å²) in [7, 11) is 1.46. The zero-order chi connectivity index (χ0) is 14.8. The van der Waals surface area contributed by atoms with Gasteiger partial charge in [0.05, 0.1) is 0 Å². The monoisotopic (exact) mass is 278 g/mol. The highest BCUT2D eigenvalue weighted by molar-refractivity contribution is 5.94. The molecule has 0 bridgehead atoms. The van der Waals surface area contributed by atoms with E-state index >= 15 is 0 Å². The lowest BCUT2D eigenvalue weighted by atomic mass is 10.2. The molecule has 0 aliphatic rings. The van der Waals surface area contributed by atoms with Crippen molar-refractivity contribution < 1.29 is 14.3 Å². The number of methoxy groups -OCH3 is 1. The SMILES string of the molecule is CCCCCC(=O)Nc1cccc(NC(=O)COC)c1. The minimum atomic E-state index is -0.223. The van der Waals surface area contributed by atoms with Gasteiger partial charge in [-0.1, -0.05) is 25.8 Å². The average Bonchev–Trinajstić information content (AvgIpc) is 2.39. The van der Waals surface area contributed by atoms with Gasteiger partial charge in [-0.25, -0.2) is 0 Å². The molecule has 0 fully saturated rings. The summed E-state index contributed by atoms with van der Waals surface area (Å²) in [4.78, 5) is 23.1. The van der Waals surface area contributed by atoms with Crippen molar-refractivity contribution in [1.82, 2.24) is 0 Å². The molecule has 0 aromatic heterocycles. The van der Waals surface area contributed by atoms with E-state index in [0.717, 1.165) is 19.3 Å². The number of amides is 2. The number of carbonyl (C=O) groups excluding carboxylic acids is 2. The molecule has 2 amide bonds. The van der Waals surface area contributed by atoms with Crippen LogP contribution in [0.3, 0.4) is 0 Å². The van der Waals surface area contributed by atoms with Crippen LogP contribution in [0.1, 0.15) is 32.6 Å². The fourth-order valence-corrected chi connectivity index (χ4v) is 1.76. The average molecular weight is 278 g/mol. The highest BCUT2D eigenvalue weighted by Crippen LogP contribution is 2.15. The standard InChI is InChI=1S/C15H22N2O3/c1-3-4-5-9-14(18)16-12-7-6-8-13(10-12)17-15(19)11-20-2/h6-8,10H,3-5,9,11H2,1-2H3,(H,16,18)(H,17,19). The Morgan fingerprint density at radius 1 is 1.10 bits per heavy atom. The smallest absolute Gasteiger partial charge is 0.250 e. The third-order valence-corrected chi connectivity index (χ3v) is 2.71. The minimum Gasteiger partial charge on any atom is -0.375 e. The molecule has 5 heteroatoms. The van der Waals surface area contributed by atoms with Crippen LogP contribution in [-0.2, 0) is 14.3 Å². The summed E-state index contributed by atoms with van der Waals surface area (Å²) < 4.78 is 4.74. The maximum Gasteiger partial charge on any atom is 0.250 e. The summed E-state index contributed by atoms with van der Waals surface area (Å²) in [5.41, 5.74) is 1.32. The molecule has 0 saturated carbocycles. The van der Waals surface area contributed by atoms with Crippen LogP contribution in [0.2, 0.25) is 0 Å². The largest absolute Gasteiger partial charge is 0.375 e. The Labute approximate surface area is 119 Å². The molecule has 1 rings (SSSR count). The van der Waals surface area contributed by atoms with Gasteiger partial charge in [-0.2, -0.15) is 0 Å². The van der Waals surface area contributed by atoms with Gasteiger partial charge in [0.1, 0.15) is 6.61 Å². The normalized spacial score (nSPS) is 10.1. The molecule has 0 unspecified atom stereocenters. The number of nitrogens with one attached hydrogen (secondary N) is 2. The van der Waals surface area contributed by atoms with Crippen molar-refractivity contribution in [2.45, 2.75) is 32.6 Å². The Morgan fingerprint density at radius 3 is 2.35 bits per heavy atom. The first kappa shape index (κ1) is 16.2. The van der Waals surface area contributed by atoms with Gasteiger partial charge in [0, 0.05) is 24.9 Å². The predicted molar refractivity (Wildman–Crippen MR) is 79.7 cm³/mol. The van der Waals surface area contributed by atoms with E-state index in [-0.39, 0.29) is 18.4 Å². The van der Waals surface area contributed by atoms with Gasteiger partial charge in [-0.15, -0.1) is 0 Å². The number of hydrogen-bond donors (Lipinski definition) is 2. The Balaban J connectivity index is 2.50. The van der Waals surface area contributed by atoms with E-state index in [0.29, 0.717) is 17.8 Å². The molecule has 0 heterocycles. The maximum atomic E-state index is 11.7. The van der Waals surface area contributed by atoms with Crippen LogP contribution >= 0.6 is 0 Å². The molecule has 0 saturated heterocycles. The first-order valence-electron chi connectivity index (χ1n) is 6.84. The molecule has 5 nitrogen and oxygen atoms in total. The zero-order valence-corrected chi connectivity index (χ0v) is 12.1. The molecule has 1 aromatic carbocycles. The Bertz CT molecular complexity index is 446. The Morgan fingerprint density at radius 2 is 1.75 bits per heavy atom. The van der Waals surface area contributed by atoms with Gasteiger partial charge < -0.3 is 15.4 Å². The van der Waals surface area contributed by atoms with Crippen LogP contribution in [0.4, 0.5) is 11.4 Å². The van der Waals surface area contributed by atoms with Gasteiger partial charge >= 0.3 is 0 Å². The number of anilines is 2. The lowest BCUT2D eigenvalue weighted by molar-refractivity contribution is -0.119. The lowest BCUT2D eigenvalue weighted by Gasteiger charge is -2.08. The summed E-state index contributed by atoms with van der Waals surface area (Å²) in [6.45, 7) is 2.11. The summed E-state index contributed by atoms with van der Waals surface area (Å²) in [5, 5.41) is 5.52. The number of hydrogen-bond acceptors (Lipinski definition) is 3. The van der Waals surface area contributed by atoms with Crippen molar-refractivity contribution in [3.8, 4) is 0 Å². The molecule has 0 radical (unpaired) electrons. The number of carbonyl (C=O) groups is 2. The number of benzene rings is 1. The van der Waals surface area contributed by atoms with E-state index in [9.17, 15) is 9.59 Å². The highest BCUT2D eigenvalue weighted by Gasteiger charge is 2.04. The molecule has 0 spiro atoms. The van der Waals surface area contributed by atoms with Crippen LogP contribution in [0.5, 0.6) is 0 Å². The molecule has 0 aliphatic heterocycles. The van der Waals surface area contributed by atoms with Crippen LogP contribution < -0.4 is 10.6 Å². The van der Waals surface area contributed by atoms with E-state index in [1.807, 2.05) is 0 Å². The first-order chi connectivity index (χ1) is 9.65. The molecule has 2 N–H and O–H groups in total. The van der Waals surface area contributed by atoms with Crippen molar-refractivity contribution in [3.05, 3.63) is 24.3 Å². The molecule has 1 aromatic rings. The van der Waals surface area contributed by atoms with Crippen molar-refractivity contribution >= 4 is 23.2 Å². The van der Waals surface area contributed by atoms with Crippen molar-refractivity contribution in [1.29, 1.82) is 0 Å². The first-order valence-corrected chi connectivity index (χ1v) is 6.84. The number of ether oxygens (including phenoxy) is 1. The van der Waals surface area contributed by atoms with Gasteiger partial charge in [-0.3, -0.25) is 9.59 Å².